The molecule has 12 heavy (non-hydrogen) atoms. The highest BCUT2D eigenvalue weighted by atomic mass is 32.2. The smallest absolute Gasteiger partial charge is 0.212 e. The van der Waals surface area contributed by atoms with Crippen LogP contribution in [-0.2, 0) is 10.0 Å². The molecule has 0 aromatic heterocycles. The molecule has 4 heteroatoms. The summed E-state index contributed by atoms with van der Waals surface area (Å²) >= 11 is 0. The van der Waals surface area contributed by atoms with Gasteiger partial charge in [0, 0.05) is 13.1 Å². The fourth-order valence-corrected chi connectivity index (χ4v) is 2.07. The summed E-state index contributed by atoms with van der Waals surface area (Å²) in [5, 5.41) is 0. The van der Waals surface area contributed by atoms with Crippen molar-refractivity contribution in [1.82, 2.24) is 4.31 Å². The third-order valence-corrected chi connectivity index (χ3v) is 3.46. The molecule has 0 aliphatic heterocycles. The van der Waals surface area contributed by atoms with Gasteiger partial charge in [-0.25, -0.2) is 8.42 Å². The van der Waals surface area contributed by atoms with Gasteiger partial charge in [0.2, 0.25) is 10.0 Å². The van der Waals surface area contributed by atoms with Gasteiger partial charge in [-0.1, -0.05) is 19.1 Å². The van der Waals surface area contributed by atoms with Gasteiger partial charge in [0.15, 0.2) is 0 Å². The Hall–Kier alpha value is -0.350. The first kappa shape index (κ1) is 11.6. The Morgan fingerprint density at radius 2 is 1.92 bits per heavy atom. The van der Waals surface area contributed by atoms with Crippen LogP contribution in [0.3, 0.4) is 0 Å². The van der Waals surface area contributed by atoms with E-state index in [4.69, 9.17) is 0 Å². The van der Waals surface area contributed by atoms with Crippen LogP contribution in [0.15, 0.2) is 12.2 Å². The van der Waals surface area contributed by atoms with Crippen molar-refractivity contribution in [2.24, 2.45) is 0 Å². The van der Waals surface area contributed by atoms with Crippen LogP contribution < -0.4 is 0 Å². The normalized spacial score (nSPS) is 12.0. The lowest BCUT2D eigenvalue weighted by Gasteiger charge is -2.19. The summed E-state index contributed by atoms with van der Waals surface area (Å²) in [5.74, 6) is 0.161. The van der Waals surface area contributed by atoms with Gasteiger partial charge in [-0.05, 0) is 13.8 Å². The zero-order valence-corrected chi connectivity index (χ0v) is 8.82. The number of nitrogens with zero attached hydrogens (tertiary/aromatic N) is 1. The van der Waals surface area contributed by atoms with Crippen molar-refractivity contribution in [2.45, 2.75) is 20.8 Å². The van der Waals surface area contributed by atoms with Crippen molar-refractivity contribution in [3.63, 3.8) is 0 Å². The van der Waals surface area contributed by atoms with E-state index in [9.17, 15) is 8.42 Å². The fourth-order valence-electron chi connectivity index (χ4n) is 0.890. The zero-order chi connectivity index (χ0) is 9.78. The number of hydrogen-bond acceptors (Lipinski definition) is 2. The number of sulfonamides is 1. The van der Waals surface area contributed by atoms with Gasteiger partial charge in [0.05, 0.1) is 5.75 Å². The van der Waals surface area contributed by atoms with Crippen molar-refractivity contribution in [1.29, 1.82) is 0 Å². The Morgan fingerprint density at radius 3 is 2.17 bits per heavy atom. The van der Waals surface area contributed by atoms with Crippen LogP contribution in [0.5, 0.6) is 0 Å². The standard InChI is InChI=1S/C8H17NO2S/c1-5-9(7-8(3)4)12(10,11)6-2/h3,5-7H2,1-2,4H3. The molecule has 0 aliphatic rings. The molecule has 0 aromatic carbocycles. The molecule has 0 aromatic rings. The largest absolute Gasteiger partial charge is 0.214 e. The third-order valence-electron chi connectivity index (χ3n) is 1.56. The number of likely N-dealkylation sites (N-methyl/N-ethyl adjacent to an activating group) is 1. The third kappa shape index (κ3) is 3.36. The highest BCUT2D eigenvalue weighted by Crippen LogP contribution is 2.03. The van der Waals surface area contributed by atoms with Crippen molar-refractivity contribution in [3.05, 3.63) is 12.2 Å². The lowest BCUT2D eigenvalue weighted by Crippen LogP contribution is -2.33. The van der Waals surface area contributed by atoms with Crippen LogP contribution in [0.25, 0.3) is 0 Å². The fraction of sp³-hybridized carbons (Fsp3) is 0.750. The quantitative estimate of drug-likeness (QED) is 0.613. The average molecular weight is 191 g/mol. The van der Waals surface area contributed by atoms with Gasteiger partial charge in [0.25, 0.3) is 0 Å². The Bertz CT molecular complexity index is 244. The minimum Gasteiger partial charge on any atom is -0.212 e. The monoisotopic (exact) mass is 191 g/mol. The van der Waals surface area contributed by atoms with E-state index in [1.54, 1.807) is 6.92 Å². The minimum atomic E-state index is -3.03. The summed E-state index contributed by atoms with van der Waals surface area (Å²) in [5.41, 5.74) is 0.869. The first-order valence-electron chi connectivity index (χ1n) is 4.06. The Kier molecular flexibility index (Phi) is 4.49. The number of hydrogen-bond donors (Lipinski definition) is 0. The average Bonchev–Trinajstić information content (AvgIpc) is 1.99. The second kappa shape index (κ2) is 4.62. The van der Waals surface area contributed by atoms with Gasteiger partial charge >= 0.3 is 0 Å². The van der Waals surface area contributed by atoms with Gasteiger partial charge in [-0.3, -0.25) is 0 Å². The van der Waals surface area contributed by atoms with Gasteiger partial charge in [-0.15, -0.1) is 0 Å². The minimum absolute atomic E-state index is 0.161. The molecule has 0 N–H and O–H groups in total. The van der Waals surface area contributed by atoms with E-state index in [2.05, 4.69) is 6.58 Å². The molecule has 72 valence electrons. The number of rotatable bonds is 5. The molecule has 0 aliphatic carbocycles. The summed E-state index contributed by atoms with van der Waals surface area (Å²) in [6.07, 6.45) is 0. The summed E-state index contributed by atoms with van der Waals surface area (Å²) < 4.78 is 24.1. The summed E-state index contributed by atoms with van der Waals surface area (Å²) in [4.78, 5) is 0. The van der Waals surface area contributed by atoms with E-state index in [0.717, 1.165) is 5.57 Å². The molecule has 0 saturated carbocycles. The molecule has 0 radical (unpaired) electrons. The van der Waals surface area contributed by atoms with E-state index in [-0.39, 0.29) is 5.75 Å². The topological polar surface area (TPSA) is 37.4 Å². The van der Waals surface area contributed by atoms with Gasteiger partial charge in [0.1, 0.15) is 0 Å². The lowest BCUT2D eigenvalue weighted by molar-refractivity contribution is 0.454. The summed E-state index contributed by atoms with van der Waals surface area (Å²) in [7, 11) is -3.03. The second-order valence-electron chi connectivity index (χ2n) is 2.78. The Labute approximate surface area is 75.1 Å². The zero-order valence-electron chi connectivity index (χ0n) is 8.00. The molecule has 3 nitrogen and oxygen atoms in total. The second-order valence-corrected chi connectivity index (χ2v) is 5.04. The summed E-state index contributed by atoms with van der Waals surface area (Å²) in [6.45, 7) is 9.94. The Balaban J connectivity index is 4.46. The van der Waals surface area contributed by atoms with Crippen molar-refractivity contribution in [2.75, 3.05) is 18.8 Å². The van der Waals surface area contributed by atoms with Crippen LogP contribution in [0.2, 0.25) is 0 Å². The van der Waals surface area contributed by atoms with E-state index in [0.29, 0.717) is 13.1 Å². The first-order chi connectivity index (χ1) is 5.44. The highest BCUT2D eigenvalue weighted by molar-refractivity contribution is 7.89. The molecule has 0 saturated heterocycles. The lowest BCUT2D eigenvalue weighted by atomic mass is 10.3. The molecule has 0 heterocycles. The van der Waals surface area contributed by atoms with Crippen LogP contribution in [0.4, 0.5) is 0 Å². The molecular weight excluding hydrogens is 174 g/mol. The molecule has 0 unspecified atom stereocenters. The van der Waals surface area contributed by atoms with Gasteiger partial charge in [-0.2, -0.15) is 4.31 Å². The maximum Gasteiger partial charge on any atom is 0.214 e. The predicted octanol–water partition coefficient (Wildman–Crippen LogP) is 1.23. The maximum absolute atomic E-state index is 11.4. The SMILES string of the molecule is C=C(C)CN(CC)S(=O)(=O)CC. The van der Waals surface area contributed by atoms with Gasteiger partial charge < -0.3 is 0 Å². The molecule has 0 amide bonds. The molecule has 0 fully saturated rings. The highest BCUT2D eigenvalue weighted by Gasteiger charge is 2.16. The summed E-state index contributed by atoms with van der Waals surface area (Å²) in [6, 6.07) is 0. The predicted molar refractivity (Wildman–Crippen MR) is 51.5 cm³/mol. The van der Waals surface area contributed by atoms with Crippen molar-refractivity contribution in [3.8, 4) is 0 Å². The molecule has 0 rings (SSSR count). The Morgan fingerprint density at radius 1 is 1.42 bits per heavy atom. The van der Waals surface area contributed by atoms with Crippen LogP contribution >= 0.6 is 0 Å². The van der Waals surface area contributed by atoms with E-state index >= 15 is 0 Å². The van der Waals surface area contributed by atoms with Crippen LogP contribution in [0, 0.1) is 0 Å². The van der Waals surface area contributed by atoms with E-state index in [1.165, 1.54) is 4.31 Å². The molecule has 0 atom stereocenters. The van der Waals surface area contributed by atoms with Crippen LogP contribution in [-0.4, -0.2) is 31.6 Å². The van der Waals surface area contributed by atoms with E-state index in [1.807, 2.05) is 13.8 Å². The molecule has 0 spiro atoms. The van der Waals surface area contributed by atoms with Crippen molar-refractivity contribution < 1.29 is 8.42 Å². The van der Waals surface area contributed by atoms with Crippen molar-refractivity contribution >= 4 is 10.0 Å². The van der Waals surface area contributed by atoms with E-state index < -0.39 is 10.0 Å². The first-order valence-corrected chi connectivity index (χ1v) is 5.67. The molecular formula is C8H17NO2S. The molecule has 0 bridgehead atoms. The van der Waals surface area contributed by atoms with Crippen LogP contribution in [0.1, 0.15) is 20.8 Å². The maximum atomic E-state index is 11.4.